The van der Waals surface area contributed by atoms with Crippen LogP contribution in [-0.2, 0) is 6.42 Å². The largest absolute Gasteiger partial charge is 0.496 e. The van der Waals surface area contributed by atoms with Crippen LogP contribution in [0, 0.1) is 11.3 Å². The van der Waals surface area contributed by atoms with E-state index in [1.807, 2.05) is 30.3 Å². The van der Waals surface area contributed by atoms with E-state index in [0.29, 0.717) is 29.2 Å². The number of nitrogens with zero attached hydrogens (tertiary/aromatic N) is 2. The van der Waals surface area contributed by atoms with E-state index < -0.39 is 0 Å². The number of benzene rings is 2. The number of methoxy groups -OCH3 is 1. The lowest BCUT2D eigenvalue weighted by molar-refractivity contribution is 0.102. The van der Waals surface area contributed by atoms with Crippen LogP contribution in [-0.4, -0.2) is 24.5 Å². The molecule has 1 amide bonds. The number of hydrogen-bond donors (Lipinski definition) is 2. The van der Waals surface area contributed by atoms with Crippen molar-refractivity contribution in [2.75, 3.05) is 24.3 Å². The zero-order valence-corrected chi connectivity index (χ0v) is 15.5. The lowest BCUT2D eigenvalue weighted by Crippen LogP contribution is -2.13. The number of para-hydroxylation sites is 1. The van der Waals surface area contributed by atoms with Crippen molar-refractivity contribution in [3.63, 3.8) is 0 Å². The van der Waals surface area contributed by atoms with Crippen LogP contribution in [0.5, 0.6) is 5.75 Å². The first-order valence-electron chi connectivity index (χ1n) is 8.83. The Kier molecular flexibility index (Phi) is 6.21. The molecular weight excluding hydrogens is 352 g/mol. The molecule has 1 aromatic heterocycles. The molecule has 6 heteroatoms. The second kappa shape index (κ2) is 9.19. The number of hydrogen-bond acceptors (Lipinski definition) is 5. The molecular formula is C22H20N4O2. The van der Waals surface area contributed by atoms with Gasteiger partial charge in [0.1, 0.15) is 11.6 Å². The van der Waals surface area contributed by atoms with Gasteiger partial charge in [0.2, 0.25) is 0 Å². The Hall–Kier alpha value is -3.85. The van der Waals surface area contributed by atoms with Crippen molar-refractivity contribution < 1.29 is 9.53 Å². The fraction of sp³-hybridized carbons (Fsp3) is 0.136. The molecule has 1 heterocycles. The normalized spacial score (nSPS) is 10.0. The minimum Gasteiger partial charge on any atom is -0.496 e. The third-order valence-corrected chi connectivity index (χ3v) is 4.19. The van der Waals surface area contributed by atoms with Crippen molar-refractivity contribution in [2.24, 2.45) is 0 Å². The van der Waals surface area contributed by atoms with Gasteiger partial charge in [0.25, 0.3) is 5.91 Å². The molecule has 0 aliphatic rings. The minimum atomic E-state index is -0.236. The summed E-state index contributed by atoms with van der Waals surface area (Å²) in [4.78, 5) is 16.7. The van der Waals surface area contributed by atoms with Crippen LogP contribution in [0.15, 0.2) is 66.9 Å². The number of ether oxygens (including phenoxy) is 1. The Morgan fingerprint density at radius 2 is 1.93 bits per heavy atom. The second-order valence-electron chi connectivity index (χ2n) is 6.06. The van der Waals surface area contributed by atoms with Crippen LogP contribution in [0.1, 0.15) is 21.5 Å². The maximum Gasteiger partial charge on any atom is 0.255 e. The van der Waals surface area contributed by atoms with Gasteiger partial charge in [-0.1, -0.05) is 18.2 Å². The number of nitriles is 1. The highest BCUT2D eigenvalue weighted by molar-refractivity contribution is 6.04. The molecule has 0 fully saturated rings. The van der Waals surface area contributed by atoms with E-state index in [4.69, 9.17) is 10.00 Å². The summed E-state index contributed by atoms with van der Waals surface area (Å²) in [5.74, 6) is 1.25. The van der Waals surface area contributed by atoms with Crippen LogP contribution in [0.25, 0.3) is 0 Å². The number of rotatable bonds is 7. The molecule has 0 saturated carbocycles. The topological polar surface area (TPSA) is 87.0 Å². The first-order valence-corrected chi connectivity index (χ1v) is 8.83. The highest BCUT2D eigenvalue weighted by Gasteiger charge is 2.08. The van der Waals surface area contributed by atoms with Gasteiger partial charge in [-0.15, -0.1) is 0 Å². The van der Waals surface area contributed by atoms with Gasteiger partial charge in [0.15, 0.2) is 0 Å². The number of carbonyl (C=O) groups excluding carboxylic acids is 1. The Balaban J connectivity index is 1.60. The van der Waals surface area contributed by atoms with E-state index in [0.717, 1.165) is 17.7 Å². The monoisotopic (exact) mass is 372 g/mol. The Labute approximate surface area is 163 Å². The van der Waals surface area contributed by atoms with E-state index in [1.165, 1.54) is 0 Å². The van der Waals surface area contributed by atoms with E-state index in [-0.39, 0.29) is 5.91 Å². The van der Waals surface area contributed by atoms with Gasteiger partial charge >= 0.3 is 0 Å². The molecule has 2 aromatic carbocycles. The van der Waals surface area contributed by atoms with Crippen LogP contribution in [0.2, 0.25) is 0 Å². The summed E-state index contributed by atoms with van der Waals surface area (Å²) in [6.07, 6.45) is 2.37. The fourth-order valence-electron chi connectivity index (χ4n) is 2.73. The van der Waals surface area contributed by atoms with E-state index >= 15 is 0 Å². The molecule has 0 spiro atoms. The molecule has 0 saturated heterocycles. The molecule has 2 N–H and O–H groups in total. The molecule has 0 radical (unpaired) electrons. The minimum absolute atomic E-state index is 0.236. The molecule has 28 heavy (non-hydrogen) atoms. The van der Waals surface area contributed by atoms with Gasteiger partial charge in [0.05, 0.1) is 18.7 Å². The van der Waals surface area contributed by atoms with Gasteiger partial charge in [-0.3, -0.25) is 4.79 Å². The average Bonchev–Trinajstić information content (AvgIpc) is 2.75. The quantitative estimate of drug-likeness (QED) is 0.657. The number of pyridine rings is 1. The van der Waals surface area contributed by atoms with Crippen molar-refractivity contribution >= 4 is 17.4 Å². The molecule has 0 atom stereocenters. The number of carbonyl (C=O) groups is 1. The highest BCUT2D eigenvalue weighted by atomic mass is 16.5. The average molecular weight is 372 g/mol. The fourth-order valence-corrected chi connectivity index (χ4v) is 2.73. The summed E-state index contributed by atoms with van der Waals surface area (Å²) in [5, 5.41) is 14.9. The van der Waals surface area contributed by atoms with Crippen LogP contribution in [0.3, 0.4) is 0 Å². The van der Waals surface area contributed by atoms with E-state index in [9.17, 15) is 4.79 Å². The predicted octanol–water partition coefficient (Wildman–Crippen LogP) is 3.87. The number of anilines is 2. The third-order valence-electron chi connectivity index (χ3n) is 4.19. The zero-order chi connectivity index (χ0) is 19.8. The number of aromatic nitrogens is 1. The van der Waals surface area contributed by atoms with Gasteiger partial charge in [-0.05, 0) is 54.4 Å². The standard InChI is InChI=1S/C22H20N4O2/c1-28-20-5-3-2-4-17(20)10-12-24-21-14-18(11-13-25-21)22(27)26-19-8-6-16(15-23)7-9-19/h2-9,11,13-14H,10,12H2,1H3,(H,24,25)(H,26,27). The summed E-state index contributed by atoms with van der Waals surface area (Å²) < 4.78 is 5.36. The SMILES string of the molecule is COc1ccccc1CCNc1cc(C(=O)Nc2ccc(C#N)cc2)ccn1. The first kappa shape index (κ1) is 18.9. The van der Waals surface area contributed by atoms with Crippen LogP contribution < -0.4 is 15.4 Å². The summed E-state index contributed by atoms with van der Waals surface area (Å²) in [7, 11) is 1.66. The van der Waals surface area contributed by atoms with Gasteiger partial charge < -0.3 is 15.4 Å². The molecule has 0 bridgehead atoms. The van der Waals surface area contributed by atoms with Gasteiger partial charge in [-0.2, -0.15) is 5.26 Å². The predicted molar refractivity (Wildman–Crippen MR) is 109 cm³/mol. The molecule has 3 aromatic rings. The van der Waals surface area contributed by atoms with Crippen molar-refractivity contribution in [1.29, 1.82) is 5.26 Å². The molecule has 0 aliphatic carbocycles. The van der Waals surface area contributed by atoms with Gasteiger partial charge in [0, 0.05) is 24.0 Å². The Morgan fingerprint density at radius 3 is 2.68 bits per heavy atom. The molecule has 0 unspecified atom stereocenters. The van der Waals surface area contributed by atoms with Crippen molar-refractivity contribution in [3.05, 3.63) is 83.6 Å². The third kappa shape index (κ3) is 4.86. The smallest absolute Gasteiger partial charge is 0.255 e. The molecule has 140 valence electrons. The summed E-state index contributed by atoms with van der Waals surface area (Å²) in [6, 6.07) is 20.0. The van der Waals surface area contributed by atoms with Crippen molar-refractivity contribution in [3.8, 4) is 11.8 Å². The second-order valence-corrected chi connectivity index (χ2v) is 6.06. The Bertz CT molecular complexity index is 994. The molecule has 3 rings (SSSR count). The lowest BCUT2D eigenvalue weighted by Gasteiger charge is -2.10. The first-order chi connectivity index (χ1) is 13.7. The van der Waals surface area contributed by atoms with Gasteiger partial charge in [-0.25, -0.2) is 4.98 Å². The summed E-state index contributed by atoms with van der Waals surface area (Å²) >= 11 is 0. The maximum atomic E-state index is 12.5. The van der Waals surface area contributed by atoms with E-state index in [2.05, 4.69) is 15.6 Å². The van der Waals surface area contributed by atoms with Crippen molar-refractivity contribution in [1.82, 2.24) is 4.98 Å². The lowest BCUT2D eigenvalue weighted by atomic mass is 10.1. The molecule has 6 nitrogen and oxygen atoms in total. The van der Waals surface area contributed by atoms with Crippen LogP contribution >= 0.6 is 0 Å². The number of amides is 1. The van der Waals surface area contributed by atoms with Crippen LogP contribution in [0.4, 0.5) is 11.5 Å². The zero-order valence-electron chi connectivity index (χ0n) is 15.5. The van der Waals surface area contributed by atoms with E-state index in [1.54, 1.807) is 49.7 Å². The molecule has 0 aliphatic heterocycles. The summed E-state index contributed by atoms with van der Waals surface area (Å²) in [5.41, 5.74) is 2.78. The highest BCUT2D eigenvalue weighted by Crippen LogP contribution is 2.18. The van der Waals surface area contributed by atoms with Crippen molar-refractivity contribution in [2.45, 2.75) is 6.42 Å². The maximum absolute atomic E-state index is 12.5. The summed E-state index contributed by atoms with van der Waals surface area (Å²) in [6.45, 7) is 0.661. The Morgan fingerprint density at radius 1 is 1.14 bits per heavy atom. The number of nitrogens with one attached hydrogen (secondary N) is 2.